The van der Waals surface area contributed by atoms with Crippen LogP contribution in [-0.2, 0) is 23.3 Å². The van der Waals surface area contributed by atoms with Crippen molar-refractivity contribution in [3.8, 4) is 12.8 Å². The second-order valence-electron chi connectivity index (χ2n) is 3.61. The smallest absolute Gasteiger partial charge is 0.342 e. The molecule has 0 fully saturated rings. The van der Waals surface area contributed by atoms with E-state index in [9.17, 15) is 9.59 Å². The van der Waals surface area contributed by atoms with Gasteiger partial charge < -0.3 is 9.84 Å². The second-order valence-corrected chi connectivity index (χ2v) is 3.61. The fraction of sp³-hybridized carbons (Fsp3) is 0. The second kappa shape index (κ2) is 16.7. The summed E-state index contributed by atoms with van der Waals surface area (Å²) in [7, 11) is 0. The molecular weight excluding hydrogens is 342 g/mol. The molecule has 6 heteroatoms. The fourth-order valence-electron chi connectivity index (χ4n) is 1.30. The molecule has 0 aliphatic rings. The van der Waals surface area contributed by atoms with Crippen molar-refractivity contribution >= 4 is 20.4 Å². The minimum Gasteiger partial charge on any atom is -0.478 e. The van der Waals surface area contributed by atoms with Gasteiger partial charge in [0.25, 0.3) is 0 Å². The molecule has 120 valence electrons. The monoisotopic (exact) mass is 358 g/mol. The molecule has 0 aliphatic carbocycles. The number of esters is 1. The van der Waals surface area contributed by atoms with Crippen LogP contribution >= 0.6 is 0 Å². The molecule has 2 aromatic rings. The van der Waals surface area contributed by atoms with Crippen molar-refractivity contribution in [1.29, 1.82) is 0 Å². The van der Waals surface area contributed by atoms with Gasteiger partial charge in [0.2, 0.25) is 0 Å². The Kier molecular flexibility index (Phi) is 18.3. The summed E-state index contributed by atoms with van der Waals surface area (Å²) in [6, 6.07) is 17.1. The van der Waals surface area contributed by atoms with Crippen LogP contribution in [0.15, 0.2) is 73.5 Å². The molecule has 0 heterocycles. The zero-order valence-corrected chi connectivity index (χ0v) is 14.3. The van der Waals surface area contributed by atoms with Gasteiger partial charge >= 0.3 is 11.9 Å². The number of aromatic carboxylic acids is 1. The summed E-state index contributed by atoms with van der Waals surface area (Å²) < 4.78 is 4.55. The van der Waals surface area contributed by atoms with E-state index in [0.717, 1.165) is 6.26 Å². The molecule has 0 amide bonds. The Morgan fingerprint density at radius 1 is 0.917 bits per heavy atom. The summed E-state index contributed by atoms with van der Waals surface area (Å²) in [6.45, 7) is 3.28. The van der Waals surface area contributed by atoms with E-state index in [4.69, 9.17) is 5.11 Å². The Bertz CT molecular complexity index is 613. The number of hydrogen-bond acceptors (Lipinski definition) is 3. The van der Waals surface area contributed by atoms with E-state index in [1.807, 2.05) is 6.07 Å². The minimum absolute atomic E-state index is 0. The number of terminal acetylenes is 1. The normalized spacial score (nSPS) is 7.42. The minimum atomic E-state index is -0.879. The first-order valence-corrected chi connectivity index (χ1v) is 6.13. The first-order valence-electron chi connectivity index (χ1n) is 6.13. The number of benzene rings is 2. The van der Waals surface area contributed by atoms with Gasteiger partial charge in [0.1, 0.15) is 0 Å². The average Bonchev–Trinajstić information content (AvgIpc) is 2.59. The van der Waals surface area contributed by atoms with Crippen LogP contribution in [0.2, 0.25) is 0 Å². The van der Waals surface area contributed by atoms with Crippen molar-refractivity contribution in [3.63, 3.8) is 0 Å². The molecule has 2 aromatic carbocycles. The van der Waals surface area contributed by atoms with Crippen molar-refractivity contribution in [2.75, 3.05) is 0 Å². The van der Waals surface area contributed by atoms with Crippen LogP contribution in [0, 0.1) is 12.8 Å². The van der Waals surface area contributed by atoms with E-state index < -0.39 is 5.97 Å². The van der Waals surface area contributed by atoms with Crippen LogP contribution in [0.25, 0.3) is 0 Å². The maximum atomic E-state index is 11.0. The van der Waals surface area contributed by atoms with Gasteiger partial charge in [-0.2, -0.15) is 0 Å². The van der Waals surface area contributed by atoms with E-state index in [2.05, 4.69) is 24.2 Å². The number of rotatable bonds is 3. The summed E-state index contributed by atoms with van der Waals surface area (Å²) in [6.07, 6.45) is 9.12. The molecule has 0 spiro atoms. The molecule has 24 heavy (non-hydrogen) atoms. The standard InChI is InChI=1S/C9H8O2.C7H6O2.C2H2.B.V/c1-2-11-9(10)8-6-4-3-5-7-8;8-7(9)6-4-2-1-3-5-6;1-2;;/h2-7H,1H2;1-5H,(H,8,9);1-2H;;. The molecule has 0 unspecified atom stereocenters. The molecule has 4 nitrogen and oxygen atoms in total. The van der Waals surface area contributed by atoms with Gasteiger partial charge in [-0.25, -0.2) is 9.59 Å². The summed E-state index contributed by atoms with van der Waals surface area (Å²) in [4.78, 5) is 21.2. The molecule has 1 N–H and O–H groups in total. The zero-order valence-electron chi connectivity index (χ0n) is 12.9. The third-order valence-electron chi connectivity index (χ3n) is 2.22. The fourth-order valence-corrected chi connectivity index (χ4v) is 1.30. The van der Waals surface area contributed by atoms with Crippen molar-refractivity contribution in [1.82, 2.24) is 0 Å². The Hall–Kier alpha value is -2.67. The van der Waals surface area contributed by atoms with E-state index in [0.29, 0.717) is 11.1 Å². The molecule has 4 radical (unpaired) electrons. The summed E-state index contributed by atoms with van der Waals surface area (Å²) in [5.74, 6) is -1.25. The summed E-state index contributed by atoms with van der Waals surface area (Å²) in [5, 5.41) is 8.38. The molecule has 0 saturated carbocycles. The molecule has 0 aromatic heterocycles. The number of carbonyl (C=O) groups is 2. The number of hydrogen-bond donors (Lipinski definition) is 1. The average molecular weight is 358 g/mol. The molecule has 0 bridgehead atoms. The van der Waals surface area contributed by atoms with E-state index in [1.54, 1.807) is 54.6 Å². The summed E-state index contributed by atoms with van der Waals surface area (Å²) >= 11 is 0. The largest absolute Gasteiger partial charge is 0.478 e. The van der Waals surface area contributed by atoms with E-state index in [-0.39, 0.29) is 32.9 Å². The van der Waals surface area contributed by atoms with Crippen molar-refractivity contribution in [3.05, 3.63) is 84.6 Å². The quantitative estimate of drug-likeness (QED) is 0.396. The predicted molar refractivity (Wildman–Crippen MR) is 91.1 cm³/mol. The first-order chi connectivity index (χ1) is 10.6. The van der Waals surface area contributed by atoms with Gasteiger partial charge in [0.05, 0.1) is 17.4 Å². The third kappa shape index (κ3) is 11.0. The first kappa shape index (κ1) is 26.2. The molecule has 0 atom stereocenters. The van der Waals surface area contributed by atoms with E-state index in [1.165, 1.54) is 0 Å². The number of carbonyl (C=O) groups excluding carboxylic acids is 1. The van der Waals surface area contributed by atoms with Crippen molar-refractivity contribution in [2.45, 2.75) is 0 Å². The Labute approximate surface area is 156 Å². The predicted octanol–water partition coefficient (Wildman–Crippen LogP) is 3.24. The Morgan fingerprint density at radius 3 is 1.58 bits per heavy atom. The van der Waals surface area contributed by atoms with Crippen LogP contribution in [0.3, 0.4) is 0 Å². The Morgan fingerprint density at radius 2 is 1.29 bits per heavy atom. The number of carboxylic acids is 1. The number of carboxylic acid groups (broad SMARTS) is 1. The van der Waals surface area contributed by atoms with Gasteiger partial charge in [0.15, 0.2) is 0 Å². The van der Waals surface area contributed by atoms with E-state index >= 15 is 0 Å². The van der Waals surface area contributed by atoms with Gasteiger partial charge in [-0.15, -0.1) is 12.8 Å². The van der Waals surface area contributed by atoms with Gasteiger partial charge in [-0.3, -0.25) is 0 Å². The maximum Gasteiger partial charge on any atom is 0.342 e. The van der Waals surface area contributed by atoms with Gasteiger partial charge in [0, 0.05) is 27.0 Å². The van der Waals surface area contributed by atoms with Crippen LogP contribution in [0.4, 0.5) is 0 Å². The Balaban J connectivity index is -0.000000313. The van der Waals surface area contributed by atoms with Crippen LogP contribution in [-0.4, -0.2) is 25.5 Å². The number of ether oxygens (including phenoxy) is 1. The molecule has 2 rings (SSSR count). The van der Waals surface area contributed by atoms with Crippen LogP contribution in [0.1, 0.15) is 20.7 Å². The maximum absolute atomic E-state index is 11.0. The van der Waals surface area contributed by atoms with Crippen molar-refractivity contribution in [2.24, 2.45) is 0 Å². The molecule has 0 aliphatic heterocycles. The molecular formula is C18H16BO4V. The van der Waals surface area contributed by atoms with Gasteiger partial charge in [-0.05, 0) is 24.3 Å². The third-order valence-corrected chi connectivity index (χ3v) is 2.22. The SMILES string of the molecule is C#C.C=COC(=O)c1ccccc1.O=C(O)c1ccccc1.[B].[V]. The van der Waals surface area contributed by atoms with Crippen LogP contribution < -0.4 is 0 Å². The van der Waals surface area contributed by atoms with Crippen LogP contribution in [0.5, 0.6) is 0 Å². The molecule has 0 saturated heterocycles. The van der Waals surface area contributed by atoms with Crippen molar-refractivity contribution < 1.29 is 38.0 Å². The van der Waals surface area contributed by atoms with Gasteiger partial charge in [-0.1, -0.05) is 43.0 Å². The summed E-state index contributed by atoms with van der Waals surface area (Å²) in [5.41, 5.74) is 0.866. The zero-order chi connectivity index (χ0) is 16.8. The topological polar surface area (TPSA) is 63.6 Å².